The second-order valence-electron chi connectivity index (χ2n) is 4.73. The Bertz CT molecular complexity index is 599. The number of quaternary nitrogens is 1. The monoisotopic (exact) mass is 353 g/mol. The Labute approximate surface area is 131 Å². The lowest BCUT2D eigenvalue weighted by molar-refractivity contribution is -0.655. The molecule has 1 aromatic rings. The Morgan fingerprint density at radius 1 is 1.09 bits per heavy atom. The zero-order valence-electron chi connectivity index (χ0n) is 11.6. The van der Waals surface area contributed by atoms with Crippen molar-refractivity contribution in [1.29, 1.82) is 0 Å². The van der Waals surface area contributed by atoms with Crippen molar-refractivity contribution in [3.63, 3.8) is 0 Å². The molecule has 1 aliphatic heterocycles. The second-order valence-corrected chi connectivity index (χ2v) is 5.86. The van der Waals surface area contributed by atoms with Gasteiger partial charge in [-0.3, -0.25) is 20.2 Å². The lowest BCUT2D eigenvalue weighted by Crippen LogP contribution is -2.89. The minimum absolute atomic E-state index is 0.236. The second kappa shape index (κ2) is 6.58. The molecule has 126 valence electrons. The first-order valence-corrected chi connectivity index (χ1v) is 7.30. The fraction of sp³-hybridized carbons (Fsp3) is 0.455. The molecule has 12 heteroatoms. The van der Waals surface area contributed by atoms with Gasteiger partial charge in [0.1, 0.15) is 0 Å². The third-order valence-electron chi connectivity index (χ3n) is 3.19. The van der Waals surface area contributed by atoms with Crippen LogP contribution in [0.15, 0.2) is 17.0 Å². The number of thioether (sulfide) groups is 1. The number of nitrogens with zero attached hydrogens (tertiary/aromatic N) is 3. The van der Waals surface area contributed by atoms with Crippen LogP contribution in [0.1, 0.15) is 0 Å². The number of nitrogens with two attached hydrogens (primary N) is 1. The number of hydrogen-bond donors (Lipinski definition) is 1. The molecule has 1 saturated heterocycles. The number of rotatable bonds is 4. The summed E-state index contributed by atoms with van der Waals surface area (Å²) in [5.74, 6) is 0. The number of nitro benzene ring substituents is 2. The van der Waals surface area contributed by atoms with E-state index in [1.54, 1.807) is 0 Å². The van der Waals surface area contributed by atoms with Crippen LogP contribution >= 0.6 is 11.8 Å². The quantitative estimate of drug-likeness (QED) is 0.499. The molecule has 23 heavy (non-hydrogen) atoms. The summed E-state index contributed by atoms with van der Waals surface area (Å²) in [6, 6.07) is 1.47. The summed E-state index contributed by atoms with van der Waals surface area (Å²) in [7, 11) is 0. The van der Waals surface area contributed by atoms with Crippen molar-refractivity contribution in [2.45, 2.75) is 10.4 Å². The average Bonchev–Trinajstić information content (AvgIpc) is 2.45. The normalized spacial score (nSPS) is 15.5. The van der Waals surface area contributed by atoms with E-state index in [0.717, 1.165) is 12.1 Å². The number of hydrogen-bond acceptors (Lipinski definition) is 6. The van der Waals surface area contributed by atoms with Crippen molar-refractivity contribution >= 4 is 28.8 Å². The summed E-state index contributed by atoms with van der Waals surface area (Å²) < 4.78 is 37.4. The van der Waals surface area contributed by atoms with Crippen molar-refractivity contribution in [2.24, 2.45) is 0 Å². The predicted molar refractivity (Wildman–Crippen MR) is 75.5 cm³/mol. The minimum Gasteiger partial charge on any atom is -0.349 e. The first-order chi connectivity index (χ1) is 10.7. The van der Waals surface area contributed by atoms with E-state index >= 15 is 0 Å². The molecular formula is C11H12F3N4O4S+. The third kappa shape index (κ3) is 4.22. The van der Waals surface area contributed by atoms with E-state index in [0.29, 0.717) is 26.2 Å². The first kappa shape index (κ1) is 17.3. The number of benzene rings is 1. The van der Waals surface area contributed by atoms with Gasteiger partial charge in [-0.15, -0.1) is 0 Å². The van der Waals surface area contributed by atoms with Crippen LogP contribution in [0.4, 0.5) is 30.2 Å². The number of alkyl halides is 3. The molecule has 0 bridgehead atoms. The van der Waals surface area contributed by atoms with Crippen LogP contribution in [-0.2, 0) is 0 Å². The molecule has 0 unspecified atom stereocenters. The molecule has 0 amide bonds. The van der Waals surface area contributed by atoms with Gasteiger partial charge in [-0.05, 0) is 11.8 Å². The molecule has 1 aromatic carbocycles. The van der Waals surface area contributed by atoms with Crippen LogP contribution in [0, 0.1) is 20.2 Å². The van der Waals surface area contributed by atoms with Gasteiger partial charge in [0.25, 0.3) is 0 Å². The molecule has 0 saturated carbocycles. The number of piperazine rings is 1. The highest BCUT2D eigenvalue weighted by Gasteiger charge is 2.36. The highest BCUT2D eigenvalue weighted by molar-refractivity contribution is 8.00. The zero-order chi connectivity index (χ0) is 17.2. The third-order valence-corrected chi connectivity index (χ3v) is 3.90. The van der Waals surface area contributed by atoms with Gasteiger partial charge in [-0.1, -0.05) is 0 Å². The Morgan fingerprint density at radius 3 is 1.96 bits per heavy atom. The van der Waals surface area contributed by atoms with Crippen LogP contribution in [-0.4, -0.2) is 41.5 Å². The molecular weight excluding hydrogens is 341 g/mol. The summed E-state index contributed by atoms with van der Waals surface area (Å²) in [6.07, 6.45) is 0. The molecule has 2 rings (SSSR count). The van der Waals surface area contributed by atoms with Gasteiger partial charge in [-0.2, -0.15) is 13.2 Å². The molecule has 8 nitrogen and oxygen atoms in total. The van der Waals surface area contributed by atoms with Crippen molar-refractivity contribution in [3.8, 4) is 0 Å². The maximum Gasteiger partial charge on any atom is 0.446 e. The molecule has 0 radical (unpaired) electrons. The van der Waals surface area contributed by atoms with Crippen LogP contribution in [0.2, 0.25) is 0 Å². The standard InChI is InChI=1S/C11H11F3N4O4S/c12-11(13,14)23-7-5-8(17(19)20)10(9(6-7)18(21)22)16-3-1-15-2-4-16/h5-6,15H,1-4H2/p+1. The molecule has 2 N–H and O–H groups in total. The van der Waals surface area contributed by atoms with Gasteiger partial charge >= 0.3 is 16.9 Å². The smallest absolute Gasteiger partial charge is 0.349 e. The van der Waals surface area contributed by atoms with Crippen LogP contribution in [0.25, 0.3) is 0 Å². The number of nitro groups is 2. The van der Waals surface area contributed by atoms with Crippen molar-refractivity contribution in [2.75, 3.05) is 31.1 Å². The summed E-state index contributed by atoms with van der Waals surface area (Å²) >= 11 is -0.614. The Morgan fingerprint density at radius 2 is 1.57 bits per heavy atom. The molecule has 1 aliphatic rings. The summed E-state index contributed by atoms with van der Waals surface area (Å²) in [4.78, 5) is 21.5. The van der Waals surface area contributed by atoms with Gasteiger partial charge < -0.3 is 10.2 Å². The summed E-state index contributed by atoms with van der Waals surface area (Å²) in [6.45, 7) is 1.86. The topological polar surface area (TPSA) is 106 Å². The zero-order valence-corrected chi connectivity index (χ0v) is 12.4. The SMILES string of the molecule is O=[N+]([O-])c1cc(SC(F)(F)F)cc([N+](=O)[O-])c1N1CC[NH2+]CC1. The Kier molecular flexibility index (Phi) is 4.94. The summed E-state index contributed by atoms with van der Waals surface area (Å²) in [5, 5.41) is 24.4. The van der Waals surface area contributed by atoms with E-state index in [1.807, 2.05) is 5.32 Å². The highest BCUT2D eigenvalue weighted by atomic mass is 32.2. The lowest BCUT2D eigenvalue weighted by Gasteiger charge is -2.26. The van der Waals surface area contributed by atoms with E-state index in [2.05, 4.69) is 0 Å². The predicted octanol–water partition coefficient (Wildman–Crippen LogP) is 1.50. The van der Waals surface area contributed by atoms with Gasteiger partial charge in [0, 0.05) is 17.0 Å². The van der Waals surface area contributed by atoms with Crippen LogP contribution in [0.3, 0.4) is 0 Å². The van der Waals surface area contributed by atoms with Crippen LogP contribution < -0.4 is 10.2 Å². The van der Waals surface area contributed by atoms with Gasteiger partial charge in [-0.25, -0.2) is 0 Å². The van der Waals surface area contributed by atoms with E-state index in [-0.39, 0.29) is 5.69 Å². The van der Waals surface area contributed by atoms with Crippen LogP contribution in [0.5, 0.6) is 0 Å². The molecule has 0 spiro atoms. The van der Waals surface area contributed by atoms with E-state index in [9.17, 15) is 33.4 Å². The lowest BCUT2D eigenvalue weighted by atomic mass is 10.2. The largest absolute Gasteiger partial charge is 0.446 e. The van der Waals surface area contributed by atoms with E-state index < -0.39 is 43.4 Å². The van der Waals surface area contributed by atoms with Crippen molar-refractivity contribution in [3.05, 3.63) is 32.4 Å². The van der Waals surface area contributed by atoms with Crippen molar-refractivity contribution < 1.29 is 28.3 Å². The summed E-state index contributed by atoms with van der Waals surface area (Å²) in [5.41, 5.74) is -6.30. The maximum absolute atomic E-state index is 12.5. The molecule has 1 fully saturated rings. The number of halogens is 3. The fourth-order valence-electron chi connectivity index (χ4n) is 2.35. The molecule has 0 aliphatic carbocycles. The van der Waals surface area contributed by atoms with E-state index in [4.69, 9.17) is 0 Å². The van der Waals surface area contributed by atoms with Gasteiger partial charge in [0.2, 0.25) is 0 Å². The number of anilines is 1. The minimum atomic E-state index is -4.69. The fourth-order valence-corrected chi connectivity index (χ4v) is 2.96. The maximum atomic E-state index is 12.5. The molecule has 1 heterocycles. The Balaban J connectivity index is 2.58. The highest BCUT2D eigenvalue weighted by Crippen LogP contribution is 2.45. The van der Waals surface area contributed by atoms with Gasteiger partial charge in [0.15, 0.2) is 5.69 Å². The molecule has 0 aromatic heterocycles. The Hall–Kier alpha value is -2.08. The van der Waals surface area contributed by atoms with E-state index in [1.165, 1.54) is 4.90 Å². The molecule has 0 atom stereocenters. The van der Waals surface area contributed by atoms with Crippen molar-refractivity contribution in [1.82, 2.24) is 0 Å². The average molecular weight is 353 g/mol. The first-order valence-electron chi connectivity index (χ1n) is 6.48. The van der Waals surface area contributed by atoms with Gasteiger partial charge in [0.05, 0.1) is 36.0 Å².